The van der Waals surface area contributed by atoms with Crippen molar-refractivity contribution < 1.29 is 0 Å². The molecule has 0 aliphatic rings. The highest BCUT2D eigenvalue weighted by Gasteiger charge is 2.25. The van der Waals surface area contributed by atoms with E-state index in [1.165, 1.54) is 0 Å². The largest absolute Gasteiger partial charge is 0.362 e. The average molecular weight is 526 g/mol. The maximum absolute atomic E-state index is 6.76. The molecule has 9 heteroatoms. The normalized spacial score (nSPS) is 12.8. The van der Waals surface area contributed by atoms with Crippen molar-refractivity contribution in [2.45, 2.75) is 12.5 Å². The number of nitrogens with one attached hydrogen (secondary N) is 1. The summed E-state index contributed by atoms with van der Waals surface area (Å²) in [6.07, 6.45) is 7.38. The molecular weight excluding hydrogens is 498 g/mol. The maximum atomic E-state index is 6.76. The molecule has 3 aromatic carbocycles. The lowest BCUT2D eigenvalue weighted by Gasteiger charge is -2.19. The predicted molar refractivity (Wildman–Crippen MR) is 156 cm³/mol. The standard InChI is InChI=1S/C31H27N9/c1-31(32,19-20-33-23-11-5-2-6-12-23)30-35-28(26-17-21-39(37-26)24-13-7-3-8-14-24)34-29(36-30)27-18-22-40(38-27)25-15-9-4-10-16-25/h2-22,33H,32H2,1H3. The molecule has 6 aromatic rings. The molecule has 6 rings (SSSR count). The van der Waals surface area contributed by atoms with E-state index < -0.39 is 5.54 Å². The van der Waals surface area contributed by atoms with Crippen molar-refractivity contribution in [3.63, 3.8) is 0 Å². The third-order valence-electron chi connectivity index (χ3n) is 6.25. The van der Waals surface area contributed by atoms with Crippen molar-refractivity contribution in [1.29, 1.82) is 0 Å². The third-order valence-corrected chi connectivity index (χ3v) is 6.25. The van der Waals surface area contributed by atoms with Gasteiger partial charge in [0.15, 0.2) is 17.5 Å². The van der Waals surface area contributed by atoms with Crippen LogP contribution in [0, 0.1) is 0 Å². The quantitative estimate of drug-likeness (QED) is 0.274. The van der Waals surface area contributed by atoms with Gasteiger partial charge in [0.2, 0.25) is 0 Å². The zero-order valence-electron chi connectivity index (χ0n) is 21.8. The molecule has 196 valence electrons. The number of para-hydroxylation sites is 3. The fourth-order valence-corrected chi connectivity index (χ4v) is 4.10. The van der Waals surface area contributed by atoms with Crippen LogP contribution in [0.25, 0.3) is 34.4 Å². The number of anilines is 1. The van der Waals surface area contributed by atoms with Gasteiger partial charge in [-0.15, -0.1) is 0 Å². The summed E-state index contributed by atoms with van der Waals surface area (Å²) in [6.45, 7) is 1.85. The van der Waals surface area contributed by atoms with E-state index in [0.29, 0.717) is 28.9 Å². The van der Waals surface area contributed by atoms with E-state index >= 15 is 0 Å². The minimum absolute atomic E-state index is 0.391. The minimum atomic E-state index is -1.02. The van der Waals surface area contributed by atoms with Crippen molar-refractivity contribution in [1.82, 2.24) is 34.5 Å². The molecule has 3 N–H and O–H groups in total. The molecule has 0 aliphatic heterocycles. The molecule has 40 heavy (non-hydrogen) atoms. The van der Waals surface area contributed by atoms with Crippen molar-refractivity contribution in [3.05, 3.63) is 134 Å². The van der Waals surface area contributed by atoms with E-state index in [4.69, 9.17) is 30.9 Å². The van der Waals surface area contributed by atoms with Gasteiger partial charge in [-0.05, 0) is 67.7 Å². The number of hydrogen-bond acceptors (Lipinski definition) is 7. The van der Waals surface area contributed by atoms with E-state index in [-0.39, 0.29) is 0 Å². The lowest BCUT2D eigenvalue weighted by Crippen LogP contribution is -2.33. The molecule has 0 aliphatic carbocycles. The maximum Gasteiger partial charge on any atom is 0.184 e. The monoisotopic (exact) mass is 525 g/mol. The topological polar surface area (TPSA) is 112 Å². The Morgan fingerprint density at radius 1 is 0.650 bits per heavy atom. The first-order chi connectivity index (χ1) is 19.5. The van der Waals surface area contributed by atoms with Crippen molar-refractivity contribution in [2.24, 2.45) is 5.73 Å². The van der Waals surface area contributed by atoms with Gasteiger partial charge in [0.05, 0.1) is 16.9 Å². The Kier molecular flexibility index (Phi) is 6.70. The summed E-state index contributed by atoms with van der Waals surface area (Å²) < 4.78 is 3.57. The third kappa shape index (κ3) is 5.40. The molecule has 1 unspecified atom stereocenters. The Labute approximate surface area is 231 Å². The molecular formula is C31H27N9. The first-order valence-corrected chi connectivity index (χ1v) is 12.8. The van der Waals surface area contributed by atoms with Crippen LogP contribution in [0.2, 0.25) is 0 Å². The van der Waals surface area contributed by atoms with E-state index in [2.05, 4.69) is 5.32 Å². The Balaban J connectivity index is 1.39. The van der Waals surface area contributed by atoms with E-state index in [9.17, 15) is 0 Å². The lowest BCUT2D eigenvalue weighted by molar-refractivity contribution is 0.577. The van der Waals surface area contributed by atoms with Gasteiger partial charge in [0.1, 0.15) is 11.4 Å². The number of rotatable bonds is 8. The van der Waals surface area contributed by atoms with Gasteiger partial charge in [-0.2, -0.15) is 10.2 Å². The van der Waals surface area contributed by atoms with E-state index in [1.54, 1.807) is 15.6 Å². The number of benzene rings is 3. The van der Waals surface area contributed by atoms with E-state index in [0.717, 1.165) is 17.1 Å². The lowest BCUT2D eigenvalue weighted by atomic mass is 10.0. The highest BCUT2D eigenvalue weighted by molar-refractivity contribution is 5.56. The number of nitrogens with two attached hydrogens (primary N) is 1. The second-order valence-corrected chi connectivity index (χ2v) is 9.39. The summed E-state index contributed by atoms with van der Waals surface area (Å²) in [5.74, 6) is 1.21. The van der Waals surface area contributed by atoms with Gasteiger partial charge < -0.3 is 11.1 Å². The molecule has 0 saturated heterocycles. The Bertz CT molecular complexity index is 1640. The van der Waals surface area contributed by atoms with Crippen LogP contribution in [0.15, 0.2) is 128 Å². The molecule has 9 nitrogen and oxygen atoms in total. The predicted octanol–water partition coefficient (Wildman–Crippen LogP) is 5.38. The van der Waals surface area contributed by atoms with Crippen LogP contribution in [0.3, 0.4) is 0 Å². The summed E-state index contributed by atoms with van der Waals surface area (Å²) in [7, 11) is 0. The molecule has 0 amide bonds. The Hall–Kier alpha value is -5.41. The number of nitrogens with zero attached hydrogens (tertiary/aromatic N) is 7. The average Bonchev–Trinajstić information content (AvgIpc) is 3.70. The Morgan fingerprint density at radius 2 is 1.12 bits per heavy atom. The van der Waals surface area contributed by atoms with Crippen LogP contribution in [0.4, 0.5) is 5.69 Å². The molecule has 0 spiro atoms. The minimum Gasteiger partial charge on any atom is -0.362 e. The summed E-state index contributed by atoms with van der Waals surface area (Å²) >= 11 is 0. The summed E-state index contributed by atoms with van der Waals surface area (Å²) in [5, 5.41) is 12.7. The molecule has 3 heterocycles. The highest BCUT2D eigenvalue weighted by atomic mass is 15.3. The molecule has 0 saturated carbocycles. The van der Waals surface area contributed by atoms with Crippen LogP contribution < -0.4 is 11.1 Å². The van der Waals surface area contributed by atoms with Crippen LogP contribution in [0.5, 0.6) is 0 Å². The van der Waals surface area contributed by atoms with Crippen LogP contribution in [-0.4, -0.2) is 34.5 Å². The van der Waals surface area contributed by atoms with Crippen molar-refractivity contribution in [2.75, 3.05) is 5.32 Å². The smallest absolute Gasteiger partial charge is 0.184 e. The van der Waals surface area contributed by atoms with Gasteiger partial charge in [-0.25, -0.2) is 24.3 Å². The van der Waals surface area contributed by atoms with Gasteiger partial charge in [0, 0.05) is 18.1 Å². The zero-order chi connectivity index (χ0) is 27.4. The van der Waals surface area contributed by atoms with Gasteiger partial charge in [0.25, 0.3) is 0 Å². The fourth-order valence-electron chi connectivity index (χ4n) is 4.10. The molecule has 0 radical (unpaired) electrons. The first-order valence-electron chi connectivity index (χ1n) is 12.8. The SMILES string of the molecule is CC(N)(C=CNc1ccccc1)c1nc(-c2ccn(-c3ccccc3)n2)nc(-c2ccn(-c3ccccc3)n2)n1. The summed E-state index contributed by atoms with van der Waals surface area (Å²) in [4.78, 5) is 14.3. The first kappa shape index (κ1) is 24.9. The van der Waals surface area contributed by atoms with Crippen molar-refractivity contribution >= 4 is 5.69 Å². The second kappa shape index (κ2) is 10.8. The molecule has 1 atom stereocenters. The number of aromatic nitrogens is 7. The van der Waals surface area contributed by atoms with Crippen LogP contribution in [0.1, 0.15) is 12.7 Å². The zero-order valence-corrected chi connectivity index (χ0v) is 21.8. The molecule has 0 bridgehead atoms. The van der Waals surface area contributed by atoms with Gasteiger partial charge in [-0.1, -0.05) is 54.6 Å². The van der Waals surface area contributed by atoms with Crippen molar-refractivity contribution in [3.8, 4) is 34.4 Å². The molecule has 0 fully saturated rings. The number of hydrogen-bond donors (Lipinski definition) is 2. The van der Waals surface area contributed by atoms with Crippen LogP contribution in [-0.2, 0) is 5.54 Å². The highest BCUT2D eigenvalue weighted by Crippen LogP contribution is 2.24. The van der Waals surface area contributed by atoms with Gasteiger partial charge >= 0.3 is 0 Å². The van der Waals surface area contributed by atoms with Crippen LogP contribution >= 0.6 is 0 Å². The molecule has 3 aromatic heterocycles. The van der Waals surface area contributed by atoms with Gasteiger partial charge in [-0.3, -0.25) is 0 Å². The fraction of sp³-hybridized carbons (Fsp3) is 0.0645. The summed E-state index contributed by atoms with van der Waals surface area (Å²) in [6, 6.07) is 33.3. The van der Waals surface area contributed by atoms with E-state index in [1.807, 2.05) is 129 Å². The Morgan fingerprint density at radius 3 is 1.62 bits per heavy atom. The second-order valence-electron chi connectivity index (χ2n) is 9.39. The summed E-state index contributed by atoms with van der Waals surface area (Å²) in [5.41, 5.74) is 9.75.